The zero-order valence-corrected chi connectivity index (χ0v) is 12.2. The third-order valence-corrected chi connectivity index (χ3v) is 4.09. The summed E-state index contributed by atoms with van der Waals surface area (Å²) in [5.74, 6) is 0.303. The van der Waals surface area contributed by atoms with Crippen LogP contribution in [0.4, 0.5) is 0 Å². The van der Waals surface area contributed by atoms with Crippen molar-refractivity contribution >= 4 is 0 Å². The van der Waals surface area contributed by atoms with Crippen molar-refractivity contribution in [2.45, 2.75) is 64.2 Å². The first-order valence-electron chi connectivity index (χ1n) is 7.36. The Labute approximate surface area is 115 Å². The Hall–Kier alpha value is -0.870. The number of nitrogens with zero attached hydrogens (tertiary/aromatic N) is 2. The first kappa shape index (κ1) is 14.5. The van der Waals surface area contributed by atoms with E-state index in [0.29, 0.717) is 18.4 Å². The lowest BCUT2D eigenvalue weighted by molar-refractivity contribution is -0.0372. The van der Waals surface area contributed by atoms with Crippen molar-refractivity contribution in [1.82, 2.24) is 9.78 Å². The summed E-state index contributed by atoms with van der Waals surface area (Å²) < 4.78 is 7.44. The summed E-state index contributed by atoms with van der Waals surface area (Å²) >= 11 is 0. The summed E-state index contributed by atoms with van der Waals surface area (Å²) in [6.07, 6.45) is 7.08. The number of rotatable bonds is 6. The minimum absolute atomic E-state index is 0.128. The van der Waals surface area contributed by atoms with Crippen molar-refractivity contribution in [3.8, 4) is 0 Å². The number of aliphatic hydroxyl groups is 1. The smallest absolute Gasteiger partial charge is 0.0860 e. The summed E-state index contributed by atoms with van der Waals surface area (Å²) in [6.45, 7) is 4.13. The monoisotopic (exact) mass is 266 g/mol. The average Bonchev–Trinajstić information content (AvgIpc) is 2.98. The summed E-state index contributed by atoms with van der Waals surface area (Å²) in [6, 6.07) is 2.59. The minimum atomic E-state index is -0.489. The molecular weight excluding hydrogens is 240 g/mol. The van der Waals surface area contributed by atoms with E-state index in [2.05, 4.69) is 29.8 Å². The molecule has 0 radical (unpaired) electrons. The van der Waals surface area contributed by atoms with E-state index < -0.39 is 6.10 Å². The van der Waals surface area contributed by atoms with Crippen molar-refractivity contribution in [2.75, 3.05) is 7.11 Å². The molecule has 0 aromatic carbocycles. The molecule has 0 saturated heterocycles. The number of methoxy groups -OCH3 is 1. The van der Waals surface area contributed by atoms with Gasteiger partial charge in [0, 0.05) is 19.7 Å². The fourth-order valence-electron chi connectivity index (χ4n) is 3.06. The highest BCUT2D eigenvalue weighted by Gasteiger charge is 2.24. The summed E-state index contributed by atoms with van der Waals surface area (Å²) in [5.41, 5.74) is 0.960. The van der Waals surface area contributed by atoms with Gasteiger partial charge < -0.3 is 9.84 Å². The molecule has 0 aliphatic heterocycles. The number of hydrogen-bond acceptors (Lipinski definition) is 3. The summed E-state index contributed by atoms with van der Waals surface area (Å²) in [7, 11) is 1.66. The number of aliphatic hydroxyl groups excluding tert-OH is 1. The van der Waals surface area contributed by atoms with Crippen LogP contribution >= 0.6 is 0 Å². The van der Waals surface area contributed by atoms with Gasteiger partial charge in [0.1, 0.15) is 0 Å². The number of hydrogen-bond donors (Lipinski definition) is 1. The molecule has 1 fully saturated rings. The third kappa shape index (κ3) is 3.57. The van der Waals surface area contributed by atoms with Crippen LogP contribution in [0, 0.1) is 5.92 Å². The van der Waals surface area contributed by atoms with Gasteiger partial charge in [-0.2, -0.15) is 5.10 Å². The molecule has 1 aromatic rings. The van der Waals surface area contributed by atoms with Crippen molar-refractivity contribution < 1.29 is 9.84 Å². The van der Waals surface area contributed by atoms with Crippen LogP contribution in [-0.4, -0.2) is 34.2 Å². The zero-order valence-electron chi connectivity index (χ0n) is 12.2. The van der Waals surface area contributed by atoms with E-state index in [1.165, 1.54) is 25.7 Å². The van der Waals surface area contributed by atoms with Gasteiger partial charge in [0.15, 0.2) is 0 Å². The zero-order chi connectivity index (χ0) is 13.8. The molecule has 4 nitrogen and oxygen atoms in total. The van der Waals surface area contributed by atoms with Gasteiger partial charge in [0.2, 0.25) is 0 Å². The average molecular weight is 266 g/mol. The second kappa shape index (κ2) is 6.53. The molecule has 1 aliphatic carbocycles. The van der Waals surface area contributed by atoms with Gasteiger partial charge >= 0.3 is 0 Å². The number of aromatic nitrogens is 2. The third-order valence-electron chi connectivity index (χ3n) is 4.09. The normalized spacial score (nSPS) is 20.1. The van der Waals surface area contributed by atoms with Crippen LogP contribution in [0.15, 0.2) is 12.3 Å². The molecule has 0 spiro atoms. The molecule has 2 atom stereocenters. The van der Waals surface area contributed by atoms with Crippen LogP contribution in [0.2, 0.25) is 0 Å². The second-order valence-corrected chi connectivity index (χ2v) is 5.94. The Morgan fingerprint density at radius 2 is 2.11 bits per heavy atom. The highest BCUT2D eigenvalue weighted by molar-refractivity contribution is 5.02. The molecule has 2 unspecified atom stereocenters. The quantitative estimate of drug-likeness (QED) is 0.861. The van der Waals surface area contributed by atoms with E-state index in [-0.39, 0.29) is 6.10 Å². The van der Waals surface area contributed by atoms with Crippen molar-refractivity contribution in [3.63, 3.8) is 0 Å². The predicted octanol–water partition coefficient (Wildman–Crippen LogP) is 2.57. The molecule has 1 heterocycles. The molecule has 4 heteroatoms. The molecule has 0 bridgehead atoms. The molecule has 1 aromatic heterocycles. The van der Waals surface area contributed by atoms with Crippen LogP contribution in [0.5, 0.6) is 0 Å². The molecule has 0 amide bonds. The first-order chi connectivity index (χ1) is 9.11. The van der Waals surface area contributed by atoms with E-state index >= 15 is 0 Å². The van der Waals surface area contributed by atoms with Crippen molar-refractivity contribution in [3.05, 3.63) is 18.0 Å². The van der Waals surface area contributed by atoms with Crippen molar-refractivity contribution in [1.29, 1.82) is 0 Å². The Balaban J connectivity index is 1.95. The Morgan fingerprint density at radius 3 is 2.68 bits per heavy atom. The lowest BCUT2D eigenvalue weighted by atomic mass is 9.98. The standard InChI is InChI=1S/C15H26N2O2/c1-11(2)15(19-3)14(18)10-12-8-9-17(16-12)13-6-4-5-7-13/h8-9,11,13-15,18H,4-7,10H2,1-3H3. The van der Waals surface area contributed by atoms with Gasteiger partial charge in [-0.15, -0.1) is 0 Å². The maximum atomic E-state index is 10.2. The van der Waals surface area contributed by atoms with Gasteiger partial charge in [-0.25, -0.2) is 0 Å². The van der Waals surface area contributed by atoms with E-state index in [9.17, 15) is 5.11 Å². The van der Waals surface area contributed by atoms with Crippen LogP contribution in [0.25, 0.3) is 0 Å². The van der Waals surface area contributed by atoms with Crippen LogP contribution < -0.4 is 0 Å². The second-order valence-electron chi connectivity index (χ2n) is 5.94. The largest absolute Gasteiger partial charge is 0.390 e. The minimum Gasteiger partial charge on any atom is -0.390 e. The van der Waals surface area contributed by atoms with Gasteiger partial charge in [-0.05, 0) is 24.8 Å². The molecule has 2 rings (SSSR count). The Morgan fingerprint density at radius 1 is 1.42 bits per heavy atom. The van der Waals surface area contributed by atoms with Crippen LogP contribution in [0.1, 0.15) is 51.3 Å². The molecule has 1 saturated carbocycles. The fourth-order valence-corrected chi connectivity index (χ4v) is 3.06. The van der Waals surface area contributed by atoms with E-state index in [1.54, 1.807) is 7.11 Å². The van der Waals surface area contributed by atoms with Gasteiger partial charge in [0.05, 0.1) is 23.9 Å². The van der Waals surface area contributed by atoms with Crippen LogP contribution in [0.3, 0.4) is 0 Å². The first-order valence-corrected chi connectivity index (χ1v) is 7.36. The summed E-state index contributed by atoms with van der Waals surface area (Å²) in [4.78, 5) is 0. The van der Waals surface area contributed by atoms with Crippen molar-refractivity contribution in [2.24, 2.45) is 5.92 Å². The fraction of sp³-hybridized carbons (Fsp3) is 0.800. The molecule has 19 heavy (non-hydrogen) atoms. The van der Waals surface area contributed by atoms with E-state index in [4.69, 9.17) is 4.74 Å². The van der Waals surface area contributed by atoms with E-state index in [0.717, 1.165) is 5.69 Å². The Kier molecular flexibility index (Phi) is 4.99. The van der Waals surface area contributed by atoms with Gasteiger partial charge in [0.25, 0.3) is 0 Å². The maximum absolute atomic E-state index is 10.2. The van der Waals surface area contributed by atoms with E-state index in [1.807, 2.05) is 6.07 Å². The lowest BCUT2D eigenvalue weighted by Gasteiger charge is -2.24. The molecule has 108 valence electrons. The van der Waals surface area contributed by atoms with Gasteiger partial charge in [-0.3, -0.25) is 4.68 Å². The predicted molar refractivity (Wildman–Crippen MR) is 75.1 cm³/mol. The van der Waals surface area contributed by atoms with Crippen LogP contribution in [-0.2, 0) is 11.2 Å². The lowest BCUT2D eigenvalue weighted by Crippen LogP contribution is -2.34. The molecular formula is C15H26N2O2. The highest BCUT2D eigenvalue weighted by atomic mass is 16.5. The van der Waals surface area contributed by atoms with Gasteiger partial charge in [-0.1, -0.05) is 26.7 Å². The summed E-state index contributed by atoms with van der Waals surface area (Å²) in [5, 5.41) is 14.8. The Bertz CT molecular complexity index is 383. The number of ether oxygens (including phenoxy) is 1. The maximum Gasteiger partial charge on any atom is 0.0860 e. The topological polar surface area (TPSA) is 47.3 Å². The SMILES string of the molecule is COC(C(C)C)C(O)Cc1ccn(C2CCCC2)n1. The highest BCUT2D eigenvalue weighted by Crippen LogP contribution is 2.28. The molecule has 1 aliphatic rings. The molecule has 1 N–H and O–H groups in total.